The van der Waals surface area contributed by atoms with E-state index in [1.54, 1.807) is 4.90 Å². The van der Waals surface area contributed by atoms with Gasteiger partial charge < -0.3 is 9.64 Å². The second kappa shape index (κ2) is 7.75. The summed E-state index contributed by atoms with van der Waals surface area (Å²) in [5.41, 5.74) is 1.86. The van der Waals surface area contributed by atoms with Crippen LogP contribution in [0.1, 0.15) is 28.4 Å². The molecule has 0 saturated carbocycles. The zero-order chi connectivity index (χ0) is 19.6. The van der Waals surface area contributed by atoms with Gasteiger partial charge >= 0.3 is 5.97 Å². The van der Waals surface area contributed by atoms with Gasteiger partial charge in [0.1, 0.15) is 5.02 Å². The van der Waals surface area contributed by atoms with Gasteiger partial charge in [-0.2, -0.15) is 0 Å². The van der Waals surface area contributed by atoms with E-state index in [4.69, 9.17) is 16.3 Å². The van der Waals surface area contributed by atoms with Crippen molar-refractivity contribution >= 4 is 29.2 Å². The first-order chi connectivity index (χ1) is 12.9. The van der Waals surface area contributed by atoms with Gasteiger partial charge in [0.2, 0.25) is 0 Å². The number of hydrogen-bond acceptors (Lipinski definition) is 5. The monoisotopic (exact) mass is 388 g/mol. The second-order valence-electron chi connectivity index (χ2n) is 6.25. The molecule has 7 nitrogen and oxygen atoms in total. The van der Waals surface area contributed by atoms with Crippen LogP contribution in [0.3, 0.4) is 0 Å². The quantitative estimate of drug-likeness (QED) is 0.455. The first-order valence-corrected chi connectivity index (χ1v) is 8.75. The smallest absolute Gasteiger partial charge is 0.339 e. The van der Waals surface area contributed by atoms with Gasteiger partial charge in [-0.05, 0) is 36.6 Å². The van der Waals surface area contributed by atoms with Gasteiger partial charge in [0.05, 0.1) is 10.5 Å². The number of esters is 1. The largest absolute Gasteiger partial charge is 0.449 e. The van der Waals surface area contributed by atoms with E-state index in [0.29, 0.717) is 13.1 Å². The number of carbonyl (C=O) groups excluding carboxylic acids is 2. The number of fused-ring (bicyclic) bond motifs is 1. The molecule has 1 aliphatic heterocycles. The minimum Gasteiger partial charge on any atom is -0.449 e. The van der Waals surface area contributed by atoms with Gasteiger partial charge in [0.15, 0.2) is 6.10 Å². The number of rotatable bonds is 4. The van der Waals surface area contributed by atoms with Crippen molar-refractivity contribution in [2.75, 3.05) is 6.54 Å². The normalized spacial score (nSPS) is 14.2. The highest BCUT2D eigenvalue weighted by molar-refractivity contribution is 6.32. The number of ether oxygens (including phenoxy) is 1. The van der Waals surface area contributed by atoms with Crippen molar-refractivity contribution in [3.63, 3.8) is 0 Å². The number of nitrogens with zero attached hydrogens (tertiary/aromatic N) is 2. The second-order valence-corrected chi connectivity index (χ2v) is 6.66. The van der Waals surface area contributed by atoms with Gasteiger partial charge in [-0.1, -0.05) is 35.9 Å². The van der Waals surface area contributed by atoms with E-state index in [-0.39, 0.29) is 16.5 Å². The van der Waals surface area contributed by atoms with Crippen LogP contribution in [0.4, 0.5) is 5.69 Å². The van der Waals surface area contributed by atoms with E-state index in [0.717, 1.165) is 18.1 Å². The molecular formula is C19H17ClN2O5. The highest BCUT2D eigenvalue weighted by Gasteiger charge is 2.28. The maximum Gasteiger partial charge on any atom is 0.339 e. The summed E-state index contributed by atoms with van der Waals surface area (Å²) in [4.78, 5) is 36.8. The lowest BCUT2D eigenvalue weighted by Gasteiger charge is -2.30. The van der Waals surface area contributed by atoms with E-state index in [2.05, 4.69) is 0 Å². The van der Waals surface area contributed by atoms with Crippen molar-refractivity contribution < 1.29 is 19.2 Å². The molecule has 1 amide bonds. The lowest BCUT2D eigenvalue weighted by atomic mass is 9.99. The summed E-state index contributed by atoms with van der Waals surface area (Å²) in [6.45, 7) is 2.50. The Kier molecular flexibility index (Phi) is 5.41. The zero-order valence-corrected chi connectivity index (χ0v) is 15.3. The number of benzene rings is 2. The van der Waals surface area contributed by atoms with E-state index < -0.39 is 22.7 Å². The molecule has 0 bridgehead atoms. The molecule has 0 radical (unpaired) electrons. The van der Waals surface area contributed by atoms with Crippen LogP contribution in [0.2, 0.25) is 5.02 Å². The molecule has 2 aromatic carbocycles. The summed E-state index contributed by atoms with van der Waals surface area (Å²) < 4.78 is 5.22. The molecule has 1 atom stereocenters. The van der Waals surface area contributed by atoms with Crippen molar-refractivity contribution in [1.82, 2.24) is 4.90 Å². The van der Waals surface area contributed by atoms with E-state index in [9.17, 15) is 19.7 Å². The molecule has 0 aromatic heterocycles. The summed E-state index contributed by atoms with van der Waals surface area (Å²) in [5.74, 6) is -1.12. The number of hydrogen-bond donors (Lipinski definition) is 0. The van der Waals surface area contributed by atoms with E-state index >= 15 is 0 Å². The van der Waals surface area contributed by atoms with Crippen LogP contribution >= 0.6 is 11.6 Å². The summed E-state index contributed by atoms with van der Waals surface area (Å²) in [7, 11) is 0. The van der Waals surface area contributed by atoms with Crippen molar-refractivity contribution in [2.24, 2.45) is 0 Å². The molecule has 2 aromatic rings. The number of halogens is 1. The van der Waals surface area contributed by atoms with Crippen LogP contribution in [-0.4, -0.2) is 34.3 Å². The Morgan fingerprint density at radius 1 is 1.22 bits per heavy atom. The third kappa shape index (κ3) is 4.09. The van der Waals surface area contributed by atoms with Gasteiger partial charge in [-0.15, -0.1) is 0 Å². The fourth-order valence-corrected chi connectivity index (χ4v) is 3.19. The van der Waals surface area contributed by atoms with Crippen molar-refractivity contribution in [3.8, 4) is 0 Å². The summed E-state index contributed by atoms with van der Waals surface area (Å²) >= 11 is 5.74. The molecule has 1 aliphatic rings. The Balaban J connectivity index is 1.67. The topological polar surface area (TPSA) is 89.7 Å². The number of carbonyl (C=O) groups is 2. The number of nitro groups is 1. The van der Waals surface area contributed by atoms with Gasteiger partial charge in [0, 0.05) is 19.2 Å². The Hall–Kier alpha value is -2.93. The predicted molar refractivity (Wildman–Crippen MR) is 98.5 cm³/mol. The lowest BCUT2D eigenvalue weighted by Crippen LogP contribution is -2.42. The highest BCUT2D eigenvalue weighted by Crippen LogP contribution is 2.26. The standard InChI is InChI=1S/C19H17ClN2O5/c1-12(18(23)21-9-8-13-4-2-3-5-15(13)11-21)27-19(24)14-6-7-16(20)17(10-14)22(25)26/h2-7,10,12H,8-9,11H2,1H3/t12-/m1/s1. The van der Waals surface area contributed by atoms with Crippen molar-refractivity contribution in [3.05, 3.63) is 74.3 Å². The van der Waals surface area contributed by atoms with Crippen LogP contribution in [0.5, 0.6) is 0 Å². The van der Waals surface area contributed by atoms with Crippen LogP contribution < -0.4 is 0 Å². The summed E-state index contributed by atoms with van der Waals surface area (Å²) in [6.07, 6.45) is -0.260. The Labute approximate surface area is 160 Å². The Morgan fingerprint density at radius 2 is 1.93 bits per heavy atom. The van der Waals surface area contributed by atoms with Crippen LogP contribution in [0.25, 0.3) is 0 Å². The lowest BCUT2D eigenvalue weighted by molar-refractivity contribution is -0.384. The van der Waals surface area contributed by atoms with Crippen molar-refractivity contribution in [2.45, 2.75) is 26.0 Å². The zero-order valence-electron chi connectivity index (χ0n) is 14.6. The molecule has 27 heavy (non-hydrogen) atoms. The molecule has 1 heterocycles. The molecule has 8 heteroatoms. The molecule has 0 fully saturated rings. The third-order valence-electron chi connectivity index (χ3n) is 4.45. The van der Waals surface area contributed by atoms with Crippen LogP contribution in [0, 0.1) is 10.1 Å². The summed E-state index contributed by atoms with van der Waals surface area (Å²) in [5, 5.41) is 10.9. The summed E-state index contributed by atoms with van der Waals surface area (Å²) in [6, 6.07) is 11.5. The molecule has 0 spiro atoms. The van der Waals surface area contributed by atoms with Gasteiger partial charge in [0.25, 0.3) is 11.6 Å². The van der Waals surface area contributed by atoms with Crippen LogP contribution in [-0.2, 0) is 22.5 Å². The fourth-order valence-electron chi connectivity index (χ4n) is 3.00. The maximum absolute atomic E-state index is 12.6. The predicted octanol–water partition coefficient (Wildman–Crippen LogP) is 3.38. The number of nitro benzene ring substituents is 1. The first kappa shape index (κ1) is 18.8. The highest BCUT2D eigenvalue weighted by atomic mass is 35.5. The first-order valence-electron chi connectivity index (χ1n) is 8.37. The minimum absolute atomic E-state index is 0.0326. The molecular weight excluding hydrogens is 372 g/mol. The Bertz CT molecular complexity index is 915. The average Bonchev–Trinajstić information content (AvgIpc) is 2.66. The Morgan fingerprint density at radius 3 is 2.63 bits per heavy atom. The average molecular weight is 389 g/mol. The van der Waals surface area contributed by atoms with Gasteiger partial charge in [-0.3, -0.25) is 14.9 Å². The molecule has 140 valence electrons. The molecule has 0 saturated heterocycles. The SMILES string of the molecule is C[C@@H](OC(=O)c1ccc(Cl)c([N+](=O)[O-])c1)C(=O)N1CCc2ccccc2C1. The minimum atomic E-state index is -1.00. The molecule has 0 N–H and O–H groups in total. The number of amides is 1. The van der Waals surface area contributed by atoms with Crippen molar-refractivity contribution in [1.29, 1.82) is 0 Å². The van der Waals surface area contributed by atoms with Gasteiger partial charge in [-0.25, -0.2) is 4.79 Å². The van der Waals surface area contributed by atoms with E-state index in [1.807, 2.05) is 24.3 Å². The van der Waals surface area contributed by atoms with E-state index in [1.165, 1.54) is 24.6 Å². The maximum atomic E-state index is 12.6. The fraction of sp³-hybridized carbons (Fsp3) is 0.263. The molecule has 0 unspecified atom stereocenters. The molecule has 3 rings (SSSR count). The van der Waals surface area contributed by atoms with Crippen LogP contribution in [0.15, 0.2) is 42.5 Å². The third-order valence-corrected chi connectivity index (χ3v) is 4.77. The molecule has 0 aliphatic carbocycles.